The highest BCUT2D eigenvalue weighted by atomic mass is 32.2. The SMILES string of the molecule is CC(=O)c1ccc(SCC(=O)N2CC(C)CC(C)C2)c(F)c1. The fraction of sp³-hybridized carbons (Fsp3) is 0.529. The first kappa shape index (κ1) is 17.0. The van der Waals surface area contributed by atoms with Crippen LogP contribution >= 0.6 is 11.8 Å². The van der Waals surface area contributed by atoms with Crippen molar-refractivity contribution in [1.82, 2.24) is 4.90 Å². The zero-order valence-electron chi connectivity index (χ0n) is 13.3. The average Bonchev–Trinajstić information content (AvgIpc) is 2.44. The Labute approximate surface area is 135 Å². The molecule has 1 aromatic carbocycles. The number of benzene rings is 1. The molecule has 0 aromatic heterocycles. The minimum absolute atomic E-state index is 0.0541. The van der Waals surface area contributed by atoms with Crippen molar-refractivity contribution in [2.45, 2.75) is 32.1 Å². The van der Waals surface area contributed by atoms with E-state index in [0.717, 1.165) is 19.5 Å². The van der Waals surface area contributed by atoms with Crippen LogP contribution in [0.2, 0.25) is 0 Å². The molecule has 1 amide bonds. The van der Waals surface area contributed by atoms with E-state index in [2.05, 4.69) is 13.8 Å². The van der Waals surface area contributed by atoms with Gasteiger partial charge >= 0.3 is 0 Å². The van der Waals surface area contributed by atoms with Gasteiger partial charge in [-0.3, -0.25) is 9.59 Å². The van der Waals surface area contributed by atoms with E-state index in [1.165, 1.54) is 24.8 Å². The van der Waals surface area contributed by atoms with Gasteiger partial charge in [0, 0.05) is 23.5 Å². The predicted octanol–water partition coefficient (Wildman–Crippen LogP) is 3.62. The highest BCUT2D eigenvalue weighted by Gasteiger charge is 2.25. The van der Waals surface area contributed by atoms with Gasteiger partial charge < -0.3 is 4.90 Å². The molecular weight excluding hydrogens is 301 g/mol. The molecule has 1 fully saturated rings. The molecule has 0 spiro atoms. The second-order valence-corrected chi connectivity index (χ2v) is 7.25. The van der Waals surface area contributed by atoms with Crippen LogP contribution in [0.3, 0.4) is 0 Å². The number of carbonyl (C=O) groups is 2. The fourth-order valence-corrected chi connectivity index (χ4v) is 3.76. The highest BCUT2D eigenvalue weighted by Crippen LogP contribution is 2.25. The van der Waals surface area contributed by atoms with Crippen LogP contribution in [-0.4, -0.2) is 35.4 Å². The first-order valence-corrected chi connectivity index (χ1v) is 8.56. The van der Waals surface area contributed by atoms with Crippen molar-refractivity contribution >= 4 is 23.5 Å². The maximum absolute atomic E-state index is 13.9. The molecule has 0 saturated carbocycles. The van der Waals surface area contributed by atoms with Crippen LogP contribution in [0.4, 0.5) is 4.39 Å². The van der Waals surface area contributed by atoms with Crippen molar-refractivity contribution in [3.63, 3.8) is 0 Å². The zero-order chi connectivity index (χ0) is 16.3. The lowest BCUT2D eigenvalue weighted by Crippen LogP contribution is -2.43. The van der Waals surface area contributed by atoms with Crippen molar-refractivity contribution in [1.29, 1.82) is 0 Å². The van der Waals surface area contributed by atoms with Crippen molar-refractivity contribution in [3.05, 3.63) is 29.6 Å². The van der Waals surface area contributed by atoms with Crippen LogP contribution in [0.1, 0.15) is 37.6 Å². The Morgan fingerprint density at radius 2 is 1.91 bits per heavy atom. The summed E-state index contributed by atoms with van der Waals surface area (Å²) >= 11 is 1.19. The third-order valence-electron chi connectivity index (χ3n) is 3.91. The number of ketones is 1. The van der Waals surface area contributed by atoms with E-state index in [1.807, 2.05) is 4.90 Å². The van der Waals surface area contributed by atoms with Crippen molar-refractivity contribution in [2.75, 3.05) is 18.8 Å². The number of likely N-dealkylation sites (tertiary alicyclic amines) is 1. The molecule has 0 aliphatic carbocycles. The monoisotopic (exact) mass is 323 g/mol. The molecule has 3 nitrogen and oxygen atoms in total. The number of rotatable bonds is 4. The number of hydrogen-bond donors (Lipinski definition) is 0. The van der Waals surface area contributed by atoms with Gasteiger partial charge in [0.25, 0.3) is 0 Å². The topological polar surface area (TPSA) is 37.4 Å². The van der Waals surface area contributed by atoms with E-state index >= 15 is 0 Å². The minimum Gasteiger partial charge on any atom is -0.341 e. The summed E-state index contributed by atoms with van der Waals surface area (Å²) in [5.74, 6) is 0.719. The summed E-state index contributed by atoms with van der Waals surface area (Å²) in [5, 5.41) is 0. The lowest BCUT2D eigenvalue weighted by molar-refractivity contribution is -0.130. The molecule has 2 atom stereocenters. The van der Waals surface area contributed by atoms with Crippen LogP contribution in [-0.2, 0) is 4.79 Å². The largest absolute Gasteiger partial charge is 0.341 e. The Morgan fingerprint density at radius 1 is 1.27 bits per heavy atom. The molecule has 0 radical (unpaired) electrons. The molecule has 120 valence electrons. The van der Waals surface area contributed by atoms with E-state index in [1.54, 1.807) is 12.1 Å². The lowest BCUT2D eigenvalue weighted by Gasteiger charge is -2.35. The number of thioether (sulfide) groups is 1. The molecule has 1 heterocycles. The molecule has 5 heteroatoms. The fourth-order valence-electron chi connectivity index (χ4n) is 2.93. The Hall–Kier alpha value is -1.36. The summed E-state index contributed by atoms with van der Waals surface area (Å²) in [5.41, 5.74) is 0.354. The van der Waals surface area contributed by atoms with Gasteiger partial charge in [-0.25, -0.2) is 4.39 Å². The first-order valence-electron chi connectivity index (χ1n) is 7.58. The van der Waals surface area contributed by atoms with E-state index < -0.39 is 5.82 Å². The average molecular weight is 323 g/mol. The van der Waals surface area contributed by atoms with Gasteiger partial charge in [0.2, 0.25) is 5.91 Å². The number of hydrogen-bond acceptors (Lipinski definition) is 3. The molecule has 1 aliphatic rings. The van der Waals surface area contributed by atoms with E-state index in [9.17, 15) is 14.0 Å². The van der Waals surface area contributed by atoms with Crippen LogP contribution in [0.15, 0.2) is 23.1 Å². The molecule has 0 bridgehead atoms. The number of piperidine rings is 1. The standard InChI is InChI=1S/C17H22FNO2S/c1-11-6-12(2)9-19(8-11)17(21)10-22-16-5-4-14(13(3)20)7-15(16)18/h4-5,7,11-12H,6,8-10H2,1-3H3. The smallest absolute Gasteiger partial charge is 0.232 e. The van der Waals surface area contributed by atoms with E-state index in [4.69, 9.17) is 0 Å². The zero-order valence-corrected chi connectivity index (χ0v) is 14.1. The Kier molecular flexibility index (Phi) is 5.62. The molecule has 2 rings (SSSR count). The van der Waals surface area contributed by atoms with Crippen molar-refractivity contribution in [3.8, 4) is 0 Å². The van der Waals surface area contributed by atoms with E-state index in [0.29, 0.717) is 22.3 Å². The van der Waals surface area contributed by atoms with Gasteiger partial charge in [-0.05, 0) is 37.3 Å². The van der Waals surface area contributed by atoms with Crippen molar-refractivity contribution < 1.29 is 14.0 Å². The van der Waals surface area contributed by atoms with Gasteiger partial charge in [-0.15, -0.1) is 11.8 Å². The second kappa shape index (κ2) is 7.27. The van der Waals surface area contributed by atoms with Gasteiger partial charge in [0.1, 0.15) is 5.82 Å². The van der Waals surface area contributed by atoms with Gasteiger partial charge in [0.05, 0.1) is 5.75 Å². The Morgan fingerprint density at radius 3 is 2.45 bits per heavy atom. The summed E-state index contributed by atoms with van der Waals surface area (Å²) in [7, 11) is 0. The Bertz CT molecular complexity index is 566. The third-order valence-corrected chi connectivity index (χ3v) is 4.94. The van der Waals surface area contributed by atoms with Crippen LogP contribution in [0.5, 0.6) is 0 Å². The van der Waals surface area contributed by atoms with E-state index in [-0.39, 0.29) is 17.4 Å². The summed E-state index contributed by atoms with van der Waals surface area (Å²) in [6, 6.07) is 4.41. The maximum Gasteiger partial charge on any atom is 0.232 e. The number of Topliss-reactive ketones (excluding diaryl/α,β-unsaturated/α-hetero) is 1. The molecule has 22 heavy (non-hydrogen) atoms. The summed E-state index contributed by atoms with van der Waals surface area (Å²) in [6.45, 7) is 7.29. The quantitative estimate of drug-likeness (QED) is 0.627. The van der Waals surface area contributed by atoms with Crippen LogP contribution in [0.25, 0.3) is 0 Å². The van der Waals surface area contributed by atoms with Gasteiger partial charge in [-0.2, -0.15) is 0 Å². The molecule has 1 saturated heterocycles. The minimum atomic E-state index is -0.439. The molecular formula is C17H22FNO2S. The first-order chi connectivity index (χ1) is 10.4. The van der Waals surface area contributed by atoms with Crippen molar-refractivity contribution in [2.24, 2.45) is 11.8 Å². The van der Waals surface area contributed by atoms with Gasteiger partial charge in [0.15, 0.2) is 5.78 Å². The number of carbonyl (C=O) groups excluding carboxylic acids is 2. The molecule has 1 aromatic rings. The number of nitrogens with zero attached hydrogens (tertiary/aromatic N) is 1. The van der Waals surface area contributed by atoms with Crippen LogP contribution in [0, 0.1) is 17.7 Å². The molecule has 2 unspecified atom stereocenters. The maximum atomic E-state index is 13.9. The Balaban J connectivity index is 1.95. The lowest BCUT2D eigenvalue weighted by atomic mass is 9.92. The molecule has 0 N–H and O–H groups in total. The summed E-state index contributed by atoms with van der Waals surface area (Å²) in [4.78, 5) is 25.8. The van der Waals surface area contributed by atoms with Gasteiger partial charge in [-0.1, -0.05) is 19.9 Å². The normalized spacial score (nSPS) is 21.7. The second-order valence-electron chi connectivity index (χ2n) is 6.23. The van der Waals surface area contributed by atoms with Crippen LogP contribution < -0.4 is 0 Å². The molecule has 1 aliphatic heterocycles. The number of amides is 1. The highest BCUT2D eigenvalue weighted by molar-refractivity contribution is 8.00. The predicted molar refractivity (Wildman–Crippen MR) is 86.7 cm³/mol. The third kappa shape index (κ3) is 4.32. The summed E-state index contributed by atoms with van der Waals surface area (Å²) < 4.78 is 13.9. The number of halogens is 1. The summed E-state index contributed by atoms with van der Waals surface area (Å²) in [6.07, 6.45) is 1.15.